The van der Waals surface area contributed by atoms with Gasteiger partial charge in [-0.05, 0) is 24.4 Å². The third-order valence-electron chi connectivity index (χ3n) is 2.90. The number of nitrogens with zero attached hydrogens (tertiary/aromatic N) is 2. The molecule has 0 spiro atoms. The molecule has 1 heterocycles. The second-order valence-corrected chi connectivity index (χ2v) is 5.12. The average Bonchev–Trinajstić information content (AvgIpc) is 2.81. The van der Waals surface area contributed by atoms with Gasteiger partial charge in [-0.25, -0.2) is 0 Å². The van der Waals surface area contributed by atoms with Crippen LogP contribution in [-0.2, 0) is 13.0 Å². The smallest absolute Gasteiger partial charge is 0.252 e. The molecule has 0 atom stereocenters. The zero-order valence-corrected chi connectivity index (χ0v) is 12.9. The van der Waals surface area contributed by atoms with Crippen molar-refractivity contribution in [2.75, 3.05) is 6.54 Å². The van der Waals surface area contributed by atoms with E-state index in [4.69, 9.17) is 23.8 Å². The number of hydrogen-bond acceptors (Lipinski definition) is 3. The first-order chi connectivity index (χ1) is 10.1. The van der Waals surface area contributed by atoms with E-state index in [9.17, 15) is 4.79 Å². The maximum Gasteiger partial charge on any atom is 0.252 e. The zero-order valence-electron chi connectivity index (χ0n) is 11.3. The van der Waals surface area contributed by atoms with E-state index in [1.165, 1.54) is 0 Å². The van der Waals surface area contributed by atoms with Crippen LogP contribution in [0, 0.1) is 4.77 Å². The topological polar surface area (TPSA) is 62.7 Å². The number of aromatic nitrogens is 3. The highest BCUT2D eigenvalue weighted by Gasteiger charge is 2.10. The van der Waals surface area contributed by atoms with Crippen LogP contribution in [0.4, 0.5) is 0 Å². The summed E-state index contributed by atoms with van der Waals surface area (Å²) in [5, 5.41) is 10.1. The maximum atomic E-state index is 12.0. The Morgan fingerprint density at radius 1 is 1.52 bits per heavy atom. The zero-order chi connectivity index (χ0) is 15.2. The lowest BCUT2D eigenvalue weighted by molar-refractivity contribution is 0.0954. The number of amides is 1. The summed E-state index contributed by atoms with van der Waals surface area (Å²) in [4.78, 5) is 12.0. The molecule has 5 nitrogen and oxygen atoms in total. The van der Waals surface area contributed by atoms with Gasteiger partial charge < -0.3 is 9.88 Å². The monoisotopic (exact) mass is 322 g/mol. The summed E-state index contributed by atoms with van der Waals surface area (Å²) in [6.07, 6.45) is 2.31. The molecule has 0 unspecified atom stereocenters. The summed E-state index contributed by atoms with van der Waals surface area (Å²) < 4.78 is 2.38. The predicted molar refractivity (Wildman–Crippen MR) is 85.1 cm³/mol. The first-order valence-electron chi connectivity index (χ1n) is 6.41. The molecule has 2 rings (SSSR count). The summed E-state index contributed by atoms with van der Waals surface area (Å²) in [7, 11) is 0. The van der Waals surface area contributed by atoms with Crippen LogP contribution in [0.25, 0.3) is 0 Å². The minimum Gasteiger partial charge on any atom is -0.352 e. The fourth-order valence-corrected chi connectivity index (χ4v) is 2.33. The highest BCUT2D eigenvalue weighted by molar-refractivity contribution is 7.71. The Hall–Kier alpha value is -1.92. The third-order valence-corrected chi connectivity index (χ3v) is 3.54. The van der Waals surface area contributed by atoms with Gasteiger partial charge in [0.05, 0.1) is 10.6 Å². The third kappa shape index (κ3) is 3.80. The summed E-state index contributed by atoms with van der Waals surface area (Å²) in [6.45, 7) is 4.71. The lowest BCUT2D eigenvalue weighted by Crippen LogP contribution is -2.26. The van der Waals surface area contributed by atoms with Crippen molar-refractivity contribution in [2.24, 2.45) is 0 Å². The van der Waals surface area contributed by atoms with Crippen LogP contribution in [0.3, 0.4) is 0 Å². The largest absolute Gasteiger partial charge is 0.352 e. The fraction of sp³-hybridized carbons (Fsp3) is 0.214. The van der Waals surface area contributed by atoms with Crippen molar-refractivity contribution in [1.29, 1.82) is 0 Å². The van der Waals surface area contributed by atoms with Gasteiger partial charge in [0, 0.05) is 19.5 Å². The number of nitrogens with one attached hydrogen (secondary N) is 2. The predicted octanol–water partition coefficient (Wildman–Crippen LogP) is 2.75. The van der Waals surface area contributed by atoms with E-state index in [0.29, 0.717) is 34.9 Å². The number of H-pyrrole nitrogens is 1. The van der Waals surface area contributed by atoms with Crippen molar-refractivity contribution in [3.05, 3.63) is 58.1 Å². The number of halogens is 1. The molecule has 21 heavy (non-hydrogen) atoms. The lowest BCUT2D eigenvalue weighted by Gasteiger charge is -2.07. The van der Waals surface area contributed by atoms with E-state index in [0.717, 1.165) is 5.82 Å². The minimum atomic E-state index is -0.204. The fourth-order valence-electron chi connectivity index (χ4n) is 1.89. The number of aromatic amines is 1. The van der Waals surface area contributed by atoms with Crippen LogP contribution in [0.15, 0.2) is 36.9 Å². The van der Waals surface area contributed by atoms with Crippen LogP contribution in [0.5, 0.6) is 0 Å². The molecule has 2 N–H and O–H groups in total. The van der Waals surface area contributed by atoms with Crippen molar-refractivity contribution in [2.45, 2.75) is 13.0 Å². The normalized spacial score (nSPS) is 10.3. The van der Waals surface area contributed by atoms with E-state index in [1.54, 1.807) is 30.3 Å². The van der Waals surface area contributed by atoms with Gasteiger partial charge in [-0.1, -0.05) is 29.8 Å². The lowest BCUT2D eigenvalue weighted by atomic mass is 10.2. The van der Waals surface area contributed by atoms with Gasteiger partial charge in [0.2, 0.25) is 0 Å². The van der Waals surface area contributed by atoms with E-state index in [1.807, 2.05) is 4.57 Å². The number of benzene rings is 1. The quantitative estimate of drug-likeness (QED) is 0.635. The van der Waals surface area contributed by atoms with Crippen LogP contribution in [0.1, 0.15) is 16.2 Å². The van der Waals surface area contributed by atoms with Crippen LogP contribution < -0.4 is 5.32 Å². The van der Waals surface area contributed by atoms with Gasteiger partial charge in [-0.15, -0.1) is 6.58 Å². The number of allylic oxidation sites excluding steroid dienone is 1. The Morgan fingerprint density at radius 3 is 3.00 bits per heavy atom. The number of hydrogen-bond donors (Lipinski definition) is 2. The first kappa shape index (κ1) is 15.5. The van der Waals surface area contributed by atoms with Gasteiger partial charge in [-0.2, -0.15) is 5.10 Å². The Morgan fingerprint density at radius 2 is 2.29 bits per heavy atom. The summed E-state index contributed by atoms with van der Waals surface area (Å²) in [5.41, 5.74) is 0.462. The molecule has 110 valence electrons. The first-order valence-corrected chi connectivity index (χ1v) is 7.20. The SMILES string of the molecule is C=CCn1c(CCNC(=O)c2ccccc2Cl)n[nH]c1=S. The number of rotatable bonds is 6. The molecule has 2 aromatic rings. The summed E-state index contributed by atoms with van der Waals surface area (Å²) >= 11 is 11.1. The van der Waals surface area contributed by atoms with Crippen molar-refractivity contribution >= 4 is 29.7 Å². The molecule has 0 radical (unpaired) electrons. The molecule has 0 saturated carbocycles. The van der Waals surface area contributed by atoms with Crippen molar-refractivity contribution in [1.82, 2.24) is 20.1 Å². The van der Waals surface area contributed by atoms with E-state index in [2.05, 4.69) is 22.1 Å². The standard InChI is InChI=1S/C14H15ClN4OS/c1-2-9-19-12(17-18-14(19)21)7-8-16-13(20)10-5-3-4-6-11(10)15/h2-6H,1,7-9H2,(H,16,20)(H,18,21). The van der Waals surface area contributed by atoms with E-state index in [-0.39, 0.29) is 5.91 Å². The van der Waals surface area contributed by atoms with Gasteiger partial charge in [0.25, 0.3) is 5.91 Å². The Kier molecular flexibility index (Phi) is 5.30. The molecule has 0 fully saturated rings. The Balaban J connectivity index is 1.96. The van der Waals surface area contributed by atoms with Crippen LogP contribution in [0.2, 0.25) is 5.02 Å². The highest BCUT2D eigenvalue weighted by Crippen LogP contribution is 2.14. The molecule has 1 aromatic heterocycles. The number of carbonyl (C=O) groups is 1. The molecule has 7 heteroatoms. The van der Waals surface area contributed by atoms with Crippen LogP contribution in [-0.4, -0.2) is 27.2 Å². The van der Waals surface area contributed by atoms with Gasteiger partial charge in [0.15, 0.2) is 4.77 Å². The Bertz CT molecular complexity index is 707. The van der Waals surface area contributed by atoms with Gasteiger partial charge in [-0.3, -0.25) is 9.89 Å². The highest BCUT2D eigenvalue weighted by atomic mass is 35.5. The Labute approximate surface area is 132 Å². The van der Waals surface area contributed by atoms with E-state index < -0.39 is 0 Å². The molecule has 0 aliphatic heterocycles. The molecule has 0 bridgehead atoms. The van der Waals surface area contributed by atoms with Gasteiger partial charge in [0.1, 0.15) is 5.82 Å². The number of carbonyl (C=O) groups excluding carboxylic acids is 1. The van der Waals surface area contributed by atoms with Crippen LogP contribution >= 0.6 is 23.8 Å². The van der Waals surface area contributed by atoms with Crippen molar-refractivity contribution in [3.8, 4) is 0 Å². The second kappa shape index (κ2) is 7.19. The molecule has 0 aliphatic rings. The molecule has 0 aliphatic carbocycles. The summed E-state index contributed by atoms with van der Waals surface area (Å²) in [5.74, 6) is 0.573. The summed E-state index contributed by atoms with van der Waals surface area (Å²) in [6, 6.07) is 6.93. The minimum absolute atomic E-state index is 0.204. The van der Waals surface area contributed by atoms with E-state index >= 15 is 0 Å². The van der Waals surface area contributed by atoms with Gasteiger partial charge >= 0.3 is 0 Å². The molecular weight excluding hydrogens is 308 g/mol. The molecule has 1 amide bonds. The maximum absolute atomic E-state index is 12.0. The van der Waals surface area contributed by atoms with Crippen molar-refractivity contribution < 1.29 is 4.79 Å². The average molecular weight is 323 g/mol. The second-order valence-electron chi connectivity index (χ2n) is 4.33. The van der Waals surface area contributed by atoms with Crippen molar-refractivity contribution in [3.63, 3.8) is 0 Å². The molecular formula is C14H15ClN4OS. The molecule has 1 aromatic carbocycles. The molecule has 0 saturated heterocycles.